The molecule has 0 saturated carbocycles. The van der Waals surface area contributed by atoms with E-state index in [9.17, 15) is 0 Å². The first kappa shape index (κ1) is 32.0. The van der Waals surface area contributed by atoms with E-state index >= 15 is 0 Å². The van der Waals surface area contributed by atoms with E-state index in [4.69, 9.17) is 28.8 Å². The molecule has 13 aromatic rings. The van der Waals surface area contributed by atoms with Gasteiger partial charge in [0.1, 0.15) is 22.3 Å². The topological polar surface area (TPSA) is 82.8 Å². The highest BCUT2D eigenvalue weighted by atomic mass is 16.3. The van der Waals surface area contributed by atoms with Crippen LogP contribution in [-0.4, -0.2) is 24.5 Å². The molecule has 4 heterocycles. The predicted molar refractivity (Wildman–Crippen MR) is 238 cm³/mol. The van der Waals surface area contributed by atoms with Crippen LogP contribution in [0.2, 0.25) is 0 Å². The van der Waals surface area contributed by atoms with Gasteiger partial charge in [0.2, 0.25) is 0 Å². The Morgan fingerprint density at radius 1 is 0.322 bits per heavy atom. The Hall–Kier alpha value is -8.16. The molecule has 7 heteroatoms. The van der Waals surface area contributed by atoms with Crippen LogP contribution in [-0.2, 0) is 0 Å². The molecule has 13 rings (SSSR count). The van der Waals surface area contributed by atoms with E-state index in [-0.39, 0.29) is 0 Å². The third-order valence-corrected chi connectivity index (χ3v) is 11.7. The molecule has 59 heavy (non-hydrogen) atoms. The highest BCUT2D eigenvalue weighted by Crippen LogP contribution is 2.39. The van der Waals surface area contributed by atoms with Crippen molar-refractivity contribution in [2.75, 3.05) is 0 Å². The van der Waals surface area contributed by atoms with Crippen molar-refractivity contribution in [3.05, 3.63) is 176 Å². The lowest BCUT2D eigenvalue weighted by Crippen LogP contribution is -2.05. The summed E-state index contributed by atoms with van der Waals surface area (Å²) in [7, 11) is 0. The summed E-state index contributed by atoms with van der Waals surface area (Å²) >= 11 is 0. The fourth-order valence-electron chi connectivity index (χ4n) is 8.94. The number of imidazole rings is 1. The Kier molecular flexibility index (Phi) is 6.60. The van der Waals surface area contributed by atoms with Gasteiger partial charge in [-0.25, -0.2) is 19.9 Å². The molecular formula is C52H29N5O2. The number of benzene rings is 9. The van der Waals surface area contributed by atoms with Gasteiger partial charge < -0.3 is 8.83 Å². The summed E-state index contributed by atoms with van der Waals surface area (Å²) in [6, 6.07) is 60.6. The molecule has 0 aliphatic heterocycles. The van der Waals surface area contributed by atoms with E-state index in [0.29, 0.717) is 23.3 Å². The van der Waals surface area contributed by atoms with E-state index in [1.165, 1.54) is 26.9 Å². The van der Waals surface area contributed by atoms with Crippen LogP contribution in [0, 0.1) is 0 Å². The minimum atomic E-state index is 0.444. The van der Waals surface area contributed by atoms with E-state index < -0.39 is 0 Å². The number of furan rings is 2. The molecule has 7 nitrogen and oxygen atoms in total. The fraction of sp³-hybridized carbons (Fsp3) is 0. The minimum Gasteiger partial charge on any atom is -0.456 e. The minimum absolute atomic E-state index is 0.444. The molecule has 0 N–H and O–H groups in total. The molecule has 0 aliphatic carbocycles. The molecule has 274 valence electrons. The first-order valence-corrected chi connectivity index (χ1v) is 19.6. The summed E-state index contributed by atoms with van der Waals surface area (Å²) in [6.07, 6.45) is 0. The largest absolute Gasteiger partial charge is 0.456 e. The summed E-state index contributed by atoms with van der Waals surface area (Å²) < 4.78 is 14.8. The monoisotopic (exact) mass is 755 g/mol. The van der Waals surface area contributed by atoms with Crippen molar-refractivity contribution >= 4 is 87.2 Å². The smallest absolute Gasteiger partial charge is 0.200 e. The lowest BCUT2D eigenvalue weighted by molar-refractivity contribution is 0.668. The molecule has 0 atom stereocenters. The second-order valence-electron chi connectivity index (χ2n) is 15.0. The van der Waals surface area contributed by atoms with E-state index in [1.807, 2.05) is 60.7 Å². The molecule has 0 fully saturated rings. The molecule has 0 radical (unpaired) electrons. The van der Waals surface area contributed by atoms with Gasteiger partial charge in [-0.3, -0.25) is 4.57 Å². The third-order valence-electron chi connectivity index (χ3n) is 11.7. The molecular weight excluding hydrogens is 727 g/mol. The highest BCUT2D eigenvalue weighted by molar-refractivity contribution is 6.25. The zero-order valence-corrected chi connectivity index (χ0v) is 31.3. The molecule has 0 bridgehead atoms. The lowest BCUT2D eigenvalue weighted by atomic mass is 9.93. The van der Waals surface area contributed by atoms with E-state index in [0.717, 1.165) is 77.1 Å². The number of rotatable bonds is 4. The van der Waals surface area contributed by atoms with Crippen molar-refractivity contribution in [1.82, 2.24) is 24.5 Å². The van der Waals surface area contributed by atoms with Crippen molar-refractivity contribution < 1.29 is 8.83 Å². The summed E-state index contributed by atoms with van der Waals surface area (Å²) in [5.74, 6) is 2.09. The Balaban J connectivity index is 1.07. The molecule has 0 saturated heterocycles. The lowest BCUT2D eigenvalue weighted by Gasteiger charge is -2.13. The zero-order chi connectivity index (χ0) is 38.6. The predicted octanol–water partition coefficient (Wildman–Crippen LogP) is 13.5. The van der Waals surface area contributed by atoms with Gasteiger partial charge in [-0.2, -0.15) is 0 Å². The second-order valence-corrected chi connectivity index (χ2v) is 15.0. The Bertz CT molecular complexity index is 3840. The Morgan fingerprint density at radius 2 is 0.780 bits per heavy atom. The number of aromatic nitrogens is 5. The van der Waals surface area contributed by atoms with Crippen molar-refractivity contribution in [2.24, 2.45) is 0 Å². The van der Waals surface area contributed by atoms with Gasteiger partial charge in [0.15, 0.2) is 23.3 Å². The maximum Gasteiger partial charge on any atom is 0.200 e. The molecule has 0 aliphatic rings. The number of hydrogen-bond donors (Lipinski definition) is 0. The van der Waals surface area contributed by atoms with Gasteiger partial charge >= 0.3 is 0 Å². The van der Waals surface area contributed by atoms with Crippen molar-refractivity contribution in [3.8, 4) is 40.1 Å². The summed E-state index contributed by atoms with van der Waals surface area (Å²) in [4.78, 5) is 20.9. The summed E-state index contributed by atoms with van der Waals surface area (Å²) in [6.45, 7) is 0. The van der Waals surface area contributed by atoms with Crippen LogP contribution in [0.15, 0.2) is 185 Å². The summed E-state index contributed by atoms with van der Waals surface area (Å²) in [5.41, 5.74) is 7.56. The number of para-hydroxylation sites is 4. The maximum atomic E-state index is 6.37. The quantitative estimate of drug-likeness (QED) is 0.166. The van der Waals surface area contributed by atoms with E-state index in [1.54, 1.807) is 0 Å². The van der Waals surface area contributed by atoms with Gasteiger partial charge in [0.25, 0.3) is 0 Å². The summed E-state index contributed by atoms with van der Waals surface area (Å²) in [5, 5.41) is 11.4. The van der Waals surface area contributed by atoms with Crippen molar-refractivity contribution in [1.29, 1.82) is 0 Å². The van der Waals surface area contributed by atoms with Crippen LogP contribution in [0.25, 0.3) is 127 Å². The standard InChI is InChI=1S/C52H29N5O2/c1-2-13-35-33(11-1)34-12-3-4-14-36(34)42-27-30(21-24-37(35)42)49-54-50(31-22-25-40-38-15-5-9-19-45(38)58-47(40)28-31)56-51(55-49)52-53-43-17-7-8-18-44(43)57(52)32-23-26-41-39-16-6-10-20-46(39)59-48(41)29-32/h1-29H. The average molecular weight is 756 g/mol. The van der Waals surface area contributed by atoms with Crippen LogP contribution < -0.4 is 0 Å². The first-order valence-electron chi connectivity index (χ1n) is 19.6. The van der Waals surface area contributed by atoms with E-state index in [2.05, 4.69) is 120 Å². The van der Waals surface area contributed by atoms with Gasteiger partial charge in [0, 0.05) is 38.7 Å². The van der Waals surface area contributed by atoms with Crippen molar-refractivity contribution in [3.63, 3.8) is 0 Å². The Labute approximate surface area is 335 Å². The Morgan fingerprint density at radius 3 is 1.44 bits per heavy atom. The maximum absolute atomic E-state index is 6.37. The average Bonchev–Trinajstić information content (AvgIpc) is 4.00. The molecule has 0 amide bonds. The highest BCUT2D eigenvalue weighted by Gasteiger charge is 2.22. The van der Waals surface area contributed by atoms with Crippen LogP contribution in [0.5, 0.6) is 0 Å². The second kappa shape index (κ2) is 12.2. The number of nitrogens with zero attached hydrogens (tertiary/aromatic N) is 5. The molecule has 0 unspecified atom stereocenters. The fourth-order valence-corrected chi connectivity index (χ4v) is 8.94. The van der Waals surface area contributed by atoms with Crippen LogP contribution in [0.4, 0.5) is 0 Å². The third kappa shape index (κ3) is 4.82. The molecule has 0 spiro atoms. The number of fused-ring (bicyclic) bond motifs is 13. The first-order chi connectivity index (χ1) is 29.2. The van der Waals surface area contributed by atoms with Gasteiger partial charge in [-0.1, -0.05) is 115 Å². The van der Waals surface area contributed by atoms with Gasteiger partial charge in [0.05, 0.1) is 16.7 Å². The van der Waals surface area contributed by atoms with Crippen LogP contribution in [0.3, 0.4) is 0 Å². The van der Waals surface area contributed by atoms with Crippen LogP contribution in [0.1, 0.15) is 0 Å². The SMILES string of the molecule is c1ccc2c(c1)nc(-c1nc(-c3ccc4c(c3)oc3ccccc34)nc(-c3ccc4c5ccccc5c5ccccc5c4c3)n1)n2-c1ccc2c(c1)oc1ccccc12. The number of hydrogen-bond acceptors (Lipinski definition) is 6. The van der Waals surface area contributed by atoms with Gasteiger partial charge in [-0.15, -0.1) is 0 Å². The van der Waals surface area contributed by atoms with Crippen molar-refractivity contribution in [2.45, 2.75) is 0 Å². The normalized spacial score (nSPS) is 12.1. The zero-order valence-electron chi connectivity index (χ0n) is 31.3. The molecule has 4 aromatic heterocycles. The van der Waals surface area contributed by atoms with Crippen LogP contribution >= 0.6 is 0 Å². The molecule has 9 aromatic carbocycles. The van der Waals surface area contributed by atoms with Gasteiger partial charge in [-0.05, 0) is 86.9 Å².